The first-order valence-electron chi connectivity index (χ1n) is 4.52. The van der Waals surface area contributed by atoms with Crippen LogP contribution >= 0.6 is 0 Å². The molecule has 1 aromatic carbocycles. The molecule has 0 aromatic heterocycles. The van der Waals surface area contributed by atoms with Crippen LogP contribution in [0.2, 0.25) is 0 Å². The molecule has 0 spiro atoms. The molecule has 1 N–H and O–H groups in total. The minimum Gasteiger partial charge on any atom is -0.480 e. The first-order valence-corrected chi connectivity index (χ1v) is 6.23. The number of hydrogen-bond donors (Lipinski definition) is 1. The van der Waals surface area contributed by atoms with Crippen molar-refractivity contribution in [1.82, 2.24) is 0 Å². The summed E-state index contributed by atoms with van der Waals surface area (Å²) in [4.78, 5) is 10.6. The van der Waals surface area contributed by atoms with Crippen molar-refractivity contribution in [3.05, 3.63) is 35.6 Å². The zero-order valence-corrected chi connectivity index (χ0v) is 9.37. The maximum Gasteiger partial charge on any atom is 0.321 e. The van der Waals surface area contributed by atoms with Gasteiger partial charge in [0.1, 0.15) is 5.82 Å². The highest BCUT2D eigenvalue weighted by atomic mass is 32.2. The number of carbonyl (C=O) groups is 1. The van der Waals surface area contributed by atoms with Crippen molar-refractivity contribution in [3.8, 4) is 0 Å². The summed E-state index contributed by atoms with van der Waals surface area (Å²) in [5.41, 5.74) is 0.370. The average molecular weight is 246 g/mol. The van der Waals surface area contributed by atoms with Gasteiger partial charge in [0.15, 0.2) is 15.1 Å². The quantitative estimate of drug-likeness (QED) is 0.866. The third-order valence-corrected chi connectivity index (χ3v) is 4.18. The molecule has 0 heterocycles. The molecule has 0 saturated heterocycles. The third kappa shape index (κ3) is 3.03. The molecule has 6 heteroatoms. The lowest BCUT2D eigenvalue weighted by Crippen LogP contribution is -2.28. The molecule has 0 aliphatic carbocycles. The van der Waals surface area contributed by atoms with E-state index in [9.17, 15) is 17.6 Å². The van der Waals surface area contributed by atoms with E-state index in [1.165, 1.54) is 12.1 Å². The van der Waals surface area contributed by atoms with Crippen LogP contribution in [0.15, 0.2) is 24.3 Å². The topological polar surface area (TPSA) is 71.4 Å². The van der Waals surface area contributed by atoms with Gasteiger partial charge >= 0.3 is 5.97 Å². The Morgan fingerprint density at radius 1 is 1.38 bits per heavy atom. The van der Waals surface area contributed by atoms with E-state index in [-0.39, 0.29) is 0 Å². The molecule has 0 saturated carbocycles. The molecular formula is C10H11FO4S. The minimum atomic E-state index is -3.75. The van der Waals surface area contributed by atoms with Gasteiger partial charge in [0.25, 0.3) is 0 Å². The van der Waals surface area contributed by atoms with E-state index < -0.39 is 32.6 Å². The van der Waals surface area contributed by atoms with E-state index in [0.717, 1.165) is 19.1 Å². The first kappa shape index (κ1) is 12.6. The molecule has 0 fully saturated rings. The van der Waals surface area contributed by atoms with Gasteiger partial charge in [-0.25, -0.2) is 12.8 Å². The van der Waals surface area contributed by atoms with Crippen LogP contribution < -0.4 is 0 Å². The molecular weight excluding hydrogens is 235 g/mol. The summed E-state index contributed by atoms with van der Waals surface area (Å²) in [5.74, 6) is -2.25. The minimum absolute atomic E-state index is 0.370. The molecule has 0 aliphatic heterocycles. The van der Waals surface area contributed by atoms with E-state index in [1.807, 2.05) is 0 Å². The Morgan fingerprint density at radius 2 is 1.88 bits per heavy atom. The zero-order chi connectivity index (χ0) is 12.3. The highest BCUT2D eigenvalue weighted by molar-refractivity contribution is 7.91. The van der Waals surface area contributed by atoms with Gasteiger partial charge in [0.05, 0.1) is 5.75 Å². The largest absolute Gasteiger partial charge is 0.480 e. The predicted octanol–water partition coefficient (Wildman–Crippen LogP) is 1.21. The number of carboxylic acids is 1. The van der Waals surface area contributed by atoms with Crippen LogP contribution in [0.1, 0.15) is 12.5 Å². The second-order valence-electron chi connectivity index (χ2n) is 3.41. The third-order valence-electron chi connectivity index (χ3n) is 2.17. The van der Waals surface area contributed by atoms with Crippen LogP contribution in [-0.2, 0) is 20.4 Å². The maximum absolute atomic E-state index is 12.6. The van der Waals surface area contributed by atoms with Crippen LogP contribution in [0.25, 0.3) is 0 Å². The van der Waals surface area contributed by atoms with Gasteiger partial charge in [-0.05, 0) is 24.6 Å². The van der Waals surface area contributed by atoms with Gasteiger partial charge < -0.3 is 5.11 Å². The summed E-state index contributed by atoms with van der Waals surface area (Å²) in [5, 5.41) is 7.14. The van der Waals surface area contributed by atoms with Gasteiger partial charge in [-0.2, -0.15) is 0 Å². The van der Waals surface area contributed by atoms with Gasteiger partial charge in [0.2, 0.25) is 0 Å². The average Bonchev–Trinajstić information content (AvgIpc) is 2.20. The van der Waals surface area contributed by atoms with Crippen LogP contribution in [0.3, 0.4) is 0 Å². The molecule has 4 nitrogen and oxygen atoms in total. The summed E-state index contributed by atoms with van der Waals surface area (Å²) < 4.78 is 35.7. The molecule has 1 atom stereocenters. The number of aliphatic carboxylic acids is 1. The Hall–Kier alpha value is -1.43. The van der Waals surface area contributed by atoms with E-state index in [0.29, 0.717) is 5.56 Å². The fourth-order valence-corrected chi connectivity index (χ4v) is 2.31. The lowest BCUT2D eigenvalue weighted by Gasteiger charge is -2.08. The second-order valence-corrected chi connectivity index (χ2v) is 5.74. The summed E-state index contributed by atoms with van der Waals surface area (Å²) in [6.45, 7) is 1.11. The van der Waals surface area contributed by atoms with E-state index >= 15 is 0 Å². The smallest absolute Gasteiger partial charge is 0.321 e. The second kappa shape index (κ2) is 4.61. The lowest BCUT2D eigenvalue weighted by molar-refractivity contribution is -0.136. The van der Waals surface area contributed by atoms with Crippen molar-refractivity contribution in [1.29, 1.82) is 0 Å². The Labute approximate surface area is 92.6 Å². The molecule has 0 bridgehead atoms. The van der Waals surface area contributed by atoms with Crippen molar-refractivity contribution in [3.63, 3.8) is 0 Å². The molecule has 1 unspecified atom stereocenters. The monoisotopic (exact) mass is 246 g/mol. The fraction of sp³-hybridized carbons (Fsp3) is 0.300. The maximum atomic E-state index is 12.6. The van der Waals surface area contributed by atoms with E-state index in [4.69, 9.17) is 5.11 Å². The summed E-state index contributed by atoms with van der Waals surface area (Å²) in [6.07, 6.45) is 0. The van der Waals surface area contributed by atoms with Crippen LogP contribution in [0.4, 0.5) is 4.39 Å². The number of carboxylic acid groups (broad SMARTS) is 1. The molecule has 0 amide bonds. The van der Waals surface area contributed by atoms with Crippen molar-refractivity contribution in [2.75, 3.05) is 0 Å². The highest BCUT2D eigenvalue weighted by Gasteiger charge is 2.27. The normalized spacial score (nSPS) is 13.4. The van der Waals surface area contributed by atoms with Gasteiger partial charge in [-0.15, -0.1) is 0 Å². The van der Waals surface area contributed by atoms with Crippen molar-refractivity contribution >= 4 is 15.8 Å². The molecule has 0 aliphatic rings. The zero-order valence-electron chi connectivity index (χ0n) is 8.55. The molecule has 88 valence electrons. The first-order chi connectivity index (χ1) is 7.33. The van der Waals surface area contributed by atoms with Crippen LogP contribution in [0.5, 0.6) is 0 Å². The number of sulfone groups is 1. The SMILES string of the molecule is CC(C(=O)O)S(=O)(=O)Cc1ccc(F)cc1. The Balaban J connectivity index is 2.89. The lowest BCUT2D eigenvalue weighted by atomic mass is 10.2. The van der Waals surface area contributed by atoms with E-state index in [2.05, 4.69) is 0 Å². The Bertz CT molecular complexity index is 478. The van der Waals surface area contributed by atoms with Gasteiger partial charge in [-0.3, -0.25) is 4.79 Å². The van der Waals surface area contributed by atoms with E-state index in [1.54, 1.807) is 0 Å². The summed E-state index contributed by atoms with van der Waals surface area (Å²) in [6, 6.07) is 4.91. The number of halogens is 1. The molecule has 16 heavy (non-hydrogen) atoms. The summed E-state index contributed by atoms with van der Waals surface area (Å²) >= 11 is 0. The number of benzene rings is 1. The molecule has 1 aromatic rings. The molecule has 1 rings (SSSR count). The van der Waals surface area contributed by atoms with Crippen molar-refractivity contribution in [2.24, 2.45) is 0 Å². The van der Waals surface area contributed by atoms with Crippen LogP contribution in [0, 0.1) is 5.82 Å². The Kier molecular flexibility index (Phi) is 3.64. The summed E-state index contributed by atoms with van der Waals surface area (Å²) in [7, 11) is -3.75. The van der Waals surface area contributed by atoms with Gasteiger partial charge in [-0.1, -0.05) is 12.1 Å². The van der Waals surface area contributed by atoms with Crippen LogP contribution in [-0.4, -0.2) is 24.7 Å². The highest BCUT2D eigenvalue weighted by Crippen LogP contribution is 2.12. The predicted molar refractivity (Wildman–Crippen MR) is 56.1 cm³/mol. The Morgan fingerprint density at radius 3 is 2.31 bits per heavy atom. The standard InChI is InChI=1S/C10H11FO4S/c1-7(10(12)13)16(14,15)6-8-2-4-9(11)5-3-8/h2-5,7H,6H2,1H3,(H,12,13). The number of hydrogen-bond acceptors (Lipinski definition) is 3. The number of rotatable bonds is 4. The van der Waals surface area contributed by atoms with Gasteiger partial charge in [0, 0.05) is 0 Å². The fourth-order valence-electron chi connectivity index (χ4n) is 1.09. The van der Waals surface area contributed by atoms with Crippen molar-refractivity contribution < 1.29 is 22.7 Å². The molecule has 0 radical (unpaired) electrons. The van der Waals surface area contributed by atoms with Crippen molar-refractivity contribution in [2.45, 2.75) is 17.9 Å².